The van der Waals surface area contributed by atoms with Crippen molar-refractivity contribution in [2.45, 2.75) is 42.8 Å². The summed E-state index contributed by atoms with van der Waals surface area (Å²) in [6.45, 7) is 4.74. The van der Waals surface area contributed by atoms with Crippen LogP contribution in [0.5, 0.6) is 0 Å². The van der Waals surface area contributed by atoms with Crippen LogP contribution in [0.3, 0.4) is 0 Å². The Kier molecular flexibility index (Phi) is 5.64. The van der Waals surface area contributed by atoms with Crippen molar-refractivity contribution >= 4 is 23.5 Å². The highest BCUT2D eigenvalue weighted by Gasteiger charge is 2.54. The summed E-state index contributed by atoms with van der Waals surface area (Å²) in [7, 11) is 0. The van der Waals surface area contributed by atoms with E-state index in [1.54, 1.807) is 0 Å². The molecule has 1 saturated heterocycles. The van der Waals surface area contributed by atoms with Crippen LogP contribution in [0.1, 0.15) is 44.2 Å². The molecule has 0 aromatic heterocycles. The fraction of sp³-hybridized carbons (Fsp3) is 0.500. The smallest absolute Gasteiger partial charge is 0.118 e. The molecule has 0 radical (unpaired) electrons. The van der Waals surface area contributed by atoms with Gasteiger partial charge >= 0.3 is 0 Å². The van der Waals surface area contributed by atoms with Gasteiger partial charge in [0.25, 0.3) is 0 Å². The van der Waals surface area contributed by atoms with Gasteiger partial charge in [0.05, 0.1) is 4.08 Å². The minimum absolute atomic E-state index is 0.236. The van der Waals surface area contributed by atoms with Gasteiger partial charge in [0.2, 0.25) is 0 Å². The Hall–Kier alpha value is -0.900. The Morgan fingerprint density at radius 1 is 0.963 bits per heavy atom. The molecule has 1 aliphatic carbocycles. The topological polar surface area (TPSA) is 20.2 Å². The lowest BCUT2D eigenvalue weighted by Crippen LogP contribution is -2.50. The van der Waals surface area contributed by atoms with Crippen LogP contribution in [0.2, 0.25) is 0 Å². The quantitative estimate of drug-likeness (QED) is 0.665. The van der Waals surface area contributed by atoms with Gasteiger partial charge < -0.3 is 5.11 Å². The van der Waals surface area contributed by atoms with Crippen LogP contribution in [0.4, 0.5) is 0 Å². The third-order valence-corrected chi connectivity index (χ3v) is 10.6. The molecule has 1 N–H and O–H groups in total. The highest BCUT2D eigenvalue weighted by molar-refractivity contribution is 8.21. The van der Waals surface area contributed by atoms with Gasteiger partial charge in [0, 0.05) is 11.5 Å². The molecule has 2 fully saturated rings. The van der Waals surface area contributed by atoms with Crippen molar-refractivity contribution in [1.82, 2.24) is 0 Å². The summed E-state index contributed by atoms with van der Waals surface area (Å²) in [4.78, 5) is 0. The highest BCUT2D eigenvalue weighted by atomic mass is 32.2. The number of thioether (sulfide) groups is 2. The minimum atomic E-state index is -0.926. The van der Waals surface area contributed by atoms with Crippen molar-refractivity contribution in [2.24, 2.45) is 17.8 Å². The number of rotatable bonds is 4. The Morgan fingerprint density at radius 2 is 1.48 bits per heavy atom. The first kappa shape index (κ1) is 19.4. The lowest BCUT2D eigenvalue weighted by Gasteiger charge is -2.52. The molecule has 2 aromatic carbocycles. The molecule has 4 rings (SSSR count). The molecule has 1 aliphatic heterocycles. The number of hydrogen-bond acceptors (Lipinski definition) is 3. The summed E-state index contributed by atoms with van der Waals surface area (Å²) in [5.41, 5.74) is 1.14. The van der Waals surface area contributed by atoms with E-state index in [2.05, 4.69) is 85.9 Å². The summed E-state index contributed by atoms with van der Waals surface area (Å²) in [5, 5.41) is 12.3. The second-order valence-electron chi connectivity index (χ2n) is 8.03. The van der Waals surface area contributed by atoms with Gasteiger partial charge in [-0.3, -0.25) is 0 Å². The van der Waals surface area contributed by atoms with Crippen LogP contribution < -0.4 is 0 Å². The molecule has 2 aromatic rings. The van der Waals surface area contributed by atoms with Crippen LogP contribution in [-0.4, -0.2) is 20.7 Å². The molecule has 1 heterocycles. The van der Waals surface area contributed by atoms with Gasteiger partial charge in [0.1, 0.15) is 5.60 Å². The fourth-order valence-electron chi connectivity index (χ4n) is 5.57. The first-order valence-electron chi connectivity index (χ1n) is 10.2. The summed E-state index contributed by atoms with van der Waals surface area (Å²) < 4.78 is 0.374. The van der Waals surface area contributed by atoms with E-state index in [1.807, 2.05) is 12.1 Å². The maximum Gasteiger partial charge on any atom is 0.118 e. The molecule has 3 unspecified atom stereocenters. The average Bonchev–Trinajstić information content (AvgIpc) is 3.18. The van der Waals surface area contributed by atoms with Crippen LogP contribution in [0, 0.1) is 17.8 Å². The summed E-state index contributed by atoms with van der Waals surface area (Å²) in [6.07, 6.45) is 3.48. The predicted octanol–water partition coefficient (Wildman–Crippen LogP) is 6.17. The summed E-state index contributed by atoms with van der Waals surface area (Å²) in [5.74, 6) is 3.92. The second kappa shape index (κ2) is 7.85. The van der Waals surface area contributed by atoms with Gasteiger partial charge in [-0.2, -0.15) is 0 Å². The van der Waals surface area contributed by atoms with Gasteiger partial charge in [-0.1, -0.05) is 80.9 Å². The van der Waals surface area contributed by atoms with E-state index in [-0.39, 0.29) is 5.92 Å². The van der Waals surface area contributed by atoms with Crippen molar-refractivity contribution in [3.05, 3.63) is 71.8 Å². The van der Waals surface area contributed by atoms with Crippen LogP contribution in [0.15, 0.2) is 60.7 Å². The minimum Gasteiger partial charge on any atom is -0.380 e. The summed E-state index contributed by atoms with van der Waals surface area (Å²) in [6, 6.07) is 20.7. The number of aliphatic hydroxyl groups is 1. The zero-order valence-corrected chi connectivity index (χ0v) is 17.9. The lowest BCUT2D eigenvalue weighted by molar-refractivity contribution is -0.0427. The normalized spacial score (nSPS) is 27.7. The van der Waals surface area contributed by atoms with E-state index in [4.69, 9.17) is 0 Å². The van der Waals surface area contributed by atoms with E-state index in [0.717, 1.165) is 17.5 Å². The van der Waals surface area contributed by atoms with Crippen LogP contribution >= 0.6 is 23.5 Å². The third kappa shape index (κ3) is 3.26. The maximum atomic E-state index is 12.3. The largest absolute Gasteiger partial charge is 0.380 e. The van der Waals surface area contributed by atoms with Crippen LogP contribution in [0.25, 0.3) is 0 Å². The molecule has 3 heteroatoms. The molecule has 0 amide bonds. The molecule has 2 aliphatic rings. The summed E-state index contributed by atoms with van der Waals surface area (Å²) >= 11 is 4.38. The average molecular weight is 399 g/mol. The van der Waals surface area contributed by atoms with E-state index in [9.17, 15) is 5.11 Å². The second-order valence-corrected chi connectivity index (χ2v) is 11.1. The van der Waals surface area contributed by atoms with E-state index in [0.29, 0.717) is 15.9 Å². The van der Waals surface area contributed by atoms with Gasteiger partial charge in [-0.25, -0.2) is 0 Å². The maximum absolute atomic E-state index is 12.3. The van der Waals surface area contributed by atoms with Crippen molar-refractivity contribution in [3.63, 3.8) is 0 Å². The zero-order chi connectivity index (χ0) is 18.9. The van der Waals surface area contributed by atoms with Gasteiger partial charge in [-0.15, -0.1) is 23.5 Å². The Morgan fingerprint density at radius 3 is 1.96 bits per heavy atom. The molecule has 1 spiro atoms. The lowest BCUT2D eigenvalue weighted by atomic mass is 9.61. The molecule has 144 valence electrons. The molecule has 3 atom stereocenters. The SMILES string of the molecule is CCC1C(C)C(C(O)(c2ccccc2)c2ccccc2)CCC12SCCS2. The highest BCUT2D eigenvalue weighted by Crippen LogP contribution is 2.62. The Labute approximate surface area is 172 Å². The number of benzene rings is 2. The molecule has 1 saturated carbocycles. The van der Waals surface area contributed by atoms with E-state index < -0.39 is 5.60 Å². The van der Waals surface area contributed by atoms with Crippen molar-refractivity contribution in [1.29, 1.82) is 0 Å². The Balaban J connectivity index is 1.77. The van der Waals surface area contributed by atoms with Crippen LogP contribution in [-0.2, 0) is 5.60 Å². The van der Waals surface area contributed by atoms with Crippen molar-refractivity contribution in [2.75, 3.05) is 11.5 Å². The van der Waals surface area contributed by atoms with Gasteiger partial charge in [-0.05, 0) is 41.7 Å². The predicted molar refractivity (Wildman–Crippen MR) is 119 cm³/mol. The van der Waals surface area contributed by atoms with E-state index in [1.165, 1.54) is 24.3 Å². The number of hydrogen-bond donors (Lipinski definition) is 1. The van der Waals surface area contributed by atoms with Crippen molar-refractivity contribution in [3.8, 4) is 0 Å². The molecule has 0 bridgehead atoms. The van der Waals surface area contributed by atoms with E-state index >= 15 is 0 Å². The molecular formula is C24H30OS2. The first-order chi connectivity index (χ1) is 13.1. The first-order valence-corrected chi connectivity index (χ1v) is 12.2. The van der Waals surface area contributed by atoms with Crippen molar-refractivity contribution < 1.29 is 5.11 Å². The molecule has 1 nitrogen and oxygen atoms in total. The fourth-order valence-corrected chi connectivity index (χ4v) is 9.47. The standard InChI is InChI=1S/C24H30OS2/c1-3-21-18(2)22(14-15-23(21)26-16-17-27-23)24(25,19-10-6-4-7-11-19)20-12-8-5-9-13-20/h4-13,18,21-22,25H,3,14-17H2,1-2H3. The zero-order valence-electron chi connectivity index (χ0n) is 16.3. The Bertz CT molecular complexity index is 700. The molecular weight excluding hydrogens is 368 g/mol. The third-order valence-electron chi connectivity index (χ3n) is 6.82. The monoisotopic (exact) mass is 398 g/mol. The molecule has 27 heavy (non-hydrogen) atoms. The van der Waals surface area contributed by atoms with Gasteiger partial charge in [0.15, 0.2) is 0 Å².